The Labute approximate surface area is 103 Å². The molecule has 1 aromatic carbocycles. The number of rotatable bonds is 2. The number of anilines is 1. The number of carbonyl (C=O) groups excluding carboxylic acids is 1. The smallest absolute Gasteiger partial charge is 0.231 e. The number of carbonyl (C=O) groups is 1. The van der Waals surface area contributed by atoms with Crippen molar-refractivity contribution in [2.75, 3.05) is 5.73 Å². The van der Waals surface area contributed by atoms with Crippen molar-refractivity contribution >= 4 is 27.4 Å². The zero-order chi connectivity index (χ0) is 12.6. The lowest BCUT2D eigenvalue weighted by molar-refractivity contribution is 0.100. The summed E-state index contributed by atoms with van der Waals surface area (Å²) >= 11 is 3.01. The molecule has 88 valence electrons. The Morgan fingerprint density at radius 1 is 1.29 bits per heavy atom. The third-order valence-corrected chi connectivity index (χ3v) is 2.53. The van der Waals surface area contributed by atoms with E-state index in [4.69, 9.17) is 10.2 Å². The van der Waals surface area contributed by atoms with Crippen LogP contribution < -0.4 is 5.73 Å². The van der Waals surface area contributed by atoms with Crippen molar-refractivity contribution < 1.29 is 18.0 Å². The number of nitrogens with two attached hydrogens (primary N) is 1. The number of nitrogen functional groups attached to an aromatic ring is 1. The van der Waals surface area contributed by atoms with Crippen molar-refractivity contribution in [1.29, 1.82) is 0 Å². The maximum Gasteiger partial charge on any atom is 0.231 e. The first-order chi connectivity index (χ1) is 7.99. The van der Waals surface area contributed by atoms with Gasteiger partial charge in [-0.3, -0.25) is 4.79 Å². The lowest BCUT2D eigenvalue weighted by Gasteiger charge is -2.03. The molecule has 2 N–H and O–H groups in total. The molecule has 0 aliphatic rings. The summed E-state index contributed by atoms with van der Waals surface area (Å²) in [7, 11) is 0. The summed E-state index contributed by atoms with van der Waals surface area (Å²) in [5.74, 6) is -2.60. The van der Waals surface area contributed by atoms with E-state index >= 15 is 0 Å². The van der Waals surface area contributed by atoms with Gasteiger partial charge in [0.25, 0.3) is 0 Å². The van der Waals surface area contributed by atoms with Gasteiger partial charge in [-0.1, -0.05) is 0 Å². The van der Waals surface area contributed by atoms with Crippen molar-refractivity contribution in [1.82, 2.24) is 0 Å². The fraction of sp³-hybridized carbons (Fsp3) is 0. The molecular formula is C11H6BrF2NO2. The fourth-order valence-electron chi connectivity index (χ4n) is 1.34. The van der Waals surface area contributed by atoms with Crippen LogP contribution in [0.3, 0.4) is 0 Å². The second-order valence-corrected chi connectivity index (χ2v) is 4.07. The van der Waals surface area contributed by atoms with Crippen LogP contribution in [0.25, 0.3) is 0 Å². The molecule has 6 heteroatoms. The molecule has 0 atom stereocenters. The summed E-state index contributed by atoms with van der Waals surface area (Å²) in [5, 5.41) is 0. The topological polar surface area (TPSA) is 56.2 Å². The molecule has 17 heavy (non-hydrogen) atoms. The Morgan fingerprint density at radius 2 is 2.00 bits per heavy atom. The van der Waals surface area contributed by atoms with Gasteiger partial charge in [-0.25, -0.2) is 8.78 Å². The third-order valence-electron chi connectivity index (χ3n) is 2.11. The van der Waals surface area contributed by atoms with Crippen LogP contribution in [-0.4, -0.2) is 5.78 Å². The number of benzene rings is 1. The summed E-state index contributed by atoms with van der Waals surface area (Å²) in [6.07, 6.45) is 0. The van der Waals surface area contributed by atoms with Gasteiger partial charge in [0.1, 0.15) is 5.82 Å². The molecule has 2 aromatic rings. The van der Waals surface area contributed by atoms with Crippen LogP contribution in [0.4, 0.5) is 14.5 Å². The number of halogens is 3. The van der Waals surface area contributed by atoms with Gasteiger partial charge in [0.15, 0.2) is 16.2 Å². The van der Waals surface area contributed by atoms with Crippen LogP contribution >= 0.6 is 15.9 Å². The highest BCUT2D eigenvalue weighted by molar-refractivity contribution is 9.10. The van der Waals surface area contributed by atoms with Gasteiger partial charge < -0.3 is 10.2 Å². The van der Waals surface area contributed by atoms with Crippen molar-refractivity contribution in [3.05, 3.63) is 51.9 Å². The number of hydrogen-bond donors (Lipinski definition) is 1. The molecule has 3 nitrogen and oxygen atoms in total. The van der Waals surface area contributed by atoms with E-state index in [1.165, 1.54) is 12.1 Å². The predicted molar refractivity (Wildman–Crippen MR) is 60.6 cm³/mol. The predicted octanol–water partition coefficient (Wildman–Crippen LogP) is 3.13. The van der Waals surface area contributed by atoms with Crippen LogP contribution in [0.1, 0.15) is 16.1 Å². The molecule has 0 aliphatic carbocycles. The van der Waals surface area contributed by atoms with Crippen molar-refractivity contribution in [2.45, 2.75) is 0 Å². The van der Waals surface area contributed by atoms with E-state index in [0.29, 0.717) is 4.67 Å². The molecule has 0 radical (unpaired) electrons. The Balaban J connectivity index is 2.51. The van der Waals surface area contributed by atoms with Crippen LogP contribution in [0, 0.1) is 11.6 Å². The molecule has 2 rings (SSSR count). The average molecular weight is 302 g/mol. The van der Waals surface area contributed by atoms with Gasteiger partial charge in [-0.05, 0) is 40.2 Å². The Hall–Kier alpha value is -1.69. The molecule has 0 amide bonds. The molecule has 0 unspecified atom stereocenters. The Bertz CT molecular complexity index is 595. The van der Waals surface area contributed by atoms with Crippen LogP contribution in [0.5, 0.6) is 0 Å². The number of furan rings is 1. The molecular weight excluding hydrogens is 296 g/mol. The minimum absolute atomic E-state index is 0.0965. The molecule has 0 saturated heterocycles. The monoisotopic (exact) mass is 301 g/mol. The molecule has 0 spiro atoms. The number of ketones is 1. The molecule has 0 aliphatic heterocycles. The van der Waals surface area contributed by atoms with E-state index in [-0.39, 0.29) is 5.76 Å². The van der Waals surface area contributed by atoms with Crippen LogP contribution in [-0.2, 0) is 0 Å². The third kappa shape index (κ3) is 2.21. The van der Waals surface area contributed by atoms with Gasteiger partial charge in [0.2, 0.25) is 5.78 Å². The zero-order valence-corrected chi connectivity index (χ0v) is 9.92. The minimum Gasteiger partial charge on any atom is -0.446 e. The lowest BCUT2D eigenvalue weighted by Crippen LogP contribution is -2.06. The maximum absolute atomic E-state index is 13.6. The Kier molecular flexibility index (Phi) is 2.97. The molecule has 0 saturated carbocycles. The maximum atomic E-state index is 13.6. The van der Waals surface area contributed by atoms with E-state index < -0.39 is 28.7 Å². The average Bonchev–Trinajstić information content (AvgIpc) is 2.69. The standard InChI is InChI=1S/C11H6BrF2NO2/c12-9-2-1-8(17-9)11(16)6-3-5(13)4-7(15)10(6)14/h1-4H,15H2. The van der Waals surface area contributed by atoms with E-state index in [2.05, 4.69) is 15.9 Å². The van der Waals surface area contributed by atoms with E-state index in [0.717, 1.165) is 12.1 Å². The first-order valence-corrected chi connectivity index (χ1v) is 5.33. The first-order valence-electron chi connectivity index (χ1n) is 4.53. The van der Waals surface area contributed by atoms with Crippen molar-refractivity contribution in [3.8, 4) is 0 Å². The second-order valence-electron chi connectivity index (χ2n) is 3.29. The first kappa shape index (κ1) is 11.8. The zero-order valence-electron chi connectivity index (χ0n) is 8.34. The molecule has 0 bridgehead atoms. The number of hydrogen-bond acceptors (Lipinski definition) is 3. The van der Waals surface area contributed by atoms with Gasteiger partial charge >= 0.3 is 0 Å². The highest BCUT2D eigenvalue weighted by Gasteiger charge is 2.20. The van der Waals surface area contributed by atoms with Crippen LogP contribution in [0.15, 0.2) is 33.4 Å². The summed E-state index contributed by atoms with van der Waals surface area (Å²) in [6, 6.07) is 4.43. The summed E-state index contributed by atoms with van der Waals surface area (Å²) in [4.78, 5) is 11.8. The normalized spacial score (nSPS) is 10.5. The van der Waals surface area contributed by atoms with Gasteiger partial charge in [0.05, 0.1) is 11.3 Å². The van der Waals surface area contributed by atoms with Crippen molar-refractivity contribution in [3.63, 3.8) is 0 Å². The summed E-state index contributed by atoms with van der Waals surface area (Å²) < 4.78 is 31.9. The van der Waals surface area contributed by atoms with Gasteiger partial charge in [-0.15, -0.1) is 0 Å². The van der Waals surface area contributed by atoms with Gasteiger partial charge in [-0.2, -0.15) is 0 Å². The fourth-order valence-corrected chi connectivity index (χ4v) is 1.65. The van der Waals surface area contributed by atoms with E-state index in [9.17, 15) is 13.6 Å². The van der Waals surface area contributed by atoms with Crippen molar-refractivity contribution in [2.24, 2.45) is 0 Å². The molecule has 1 heterocycles. The lowest BCUT2D eigenvalue weighted by atomic mass is 10.1. The van der Waals surface area contributed by atoms with Gasteiger partial charge in [0, 0.05) is 0 Å². The molecule has 0 fully saturated rings. The van der Waals surface area contributed by atoms with E-state index in [1.54, 1.807) is 0 Å². The molecule has 1 aromatic heterocycles. The largest absolute Gasteiger partial charge is 0.446 e. The highest BCUT2D eigenvalue weighted by atomic mass is 79.9. The summed E-state index contributed by atoms with van der Waals surface area (Å²) in [5.41, 5.74) is 4.36. The van der Waals surface area contributed by atoms with Crippen LogP contribution in [0.2, 0.25) is 0 Å². The minimum atomic E-state index is -0.955. The highest BCUT2D eigenvalue weighted by Crippen LogP contribution is 2.22. The summed E-state index contributed by atoms with van der Waals surface area (Å²) in [6.45, 7) is 0. The van der Waals surface area contributed by atoms with E-state index in [1.807, 2.05) is 0 Å². The SMILES string of the molecule is Nc1cc(F)cc(C(=O)c2ccc(Br)o2)c1F. The Morgan fingerprint density at radius 3 is 2.59 bits per heavy atom. The quantitative estimate of drug-likeness (QED) is 0.685. The second kappa shape index (κ2) is 4.29.